The second-order valence-electron chi connectivity index (χ2n) is 6.46. The van der Waals surface area contributed by atoms with E-state index >= 15 is 0 Å². The van der Waals surface area contributed by atoms with Gasteiger partial charge in [-0.2, -0.15) is 0 Å². The summed E-state index contributed by atoms with van der Waals surface area (Å²) in [4.78, 5) is 16.8. The van der Waals surface area contributed by atoms with E-state index in [0.29, 0.717) is 12.3 Å². The fourth-order valence-corrected chi connectivity index (χ4v) is 3.60. The van der Waals surface area contributed by atoms with Gasteiger partial charge in [0.25, 0.3) is 0 Å². The molecule has 2 aromatic rings. The number of carbonyl (C=O) groups excluding carboxylic acids is 1. The van der Waals surface area contributed by atoms with Crippen LogP contribution >= 0.6 is 0 Å². The lowest BCUT2D eigenvalue weighted by Gasteiger charge is -2.30. The number of fused-ring (bicyclic) bond motifs is 1. The number of amides is 1. The average Bonchev–Trinajstić information content (AvgIpc) is 2.97. The van der Waals surface area contributed by atoms with Gasteiger partial charge in [0.2, 0.25) is 5.91 Å². The highest BCUT2D eigenvalue weighted by Gasteiger charge is 2.24. The van der Waals surface area contributed by atoms with Crippen molar-refractivity contribution in [1.29, 1.82) is 0 Å². The largest absolute Gasteiger partial charge is 0.396 e. The number of aromatic nitrogens is 2. The number of carbonyl (C=O) groups is 1. The first-order chi connectivity index (χ1) is 11.3. The Morgan fingerprint density at radius 1 is 1.35 bits per heavy atom. The number of imidazole rings is 1. The van der Waals surface area contributed by atoms with Crippen molar-refractivity contribution in [3.63, 3.8) is 0 Å². The zero-order valence-corrected chi connectivity index (χ0v) is 13.4. The molecule has 0 aliphatic heterocycles. The maximum Gasteiger partial charge on any atom is 0.226 e. The van der Waals surface area contributed by atoms with E-state index in [0.717, 1.165) is 24.2 Å². The molecule has 0 radical (unpaired) electrons. The Morgan fingerprint density at radius 2 is 2.17 bits per heavy atom. The second kappa shape index (κ2) is 7.59. The lowest BCUT2D eigenvalue weighted by Crippen LogP contribution is -2.42. The van der Waals surface area contributed by atoms with E-state index < -0.39 is 0 Å². The van der Waals surface area contributed by atoms with Crippen LogP contribution in [0.4, 0.5) is 0 Å². The van der Waals surface area contributed by atoms with Crippen molar-refractivity contribution < 1.29 is 9.90 Å². The van der Waals surface area contributed by atoms with Gasteiger partial charge < -0.3 is 14.8 Å². The van der Waals surface area contributed by atoms with Crippen molar-refractivity contribution in [2.24, 2.45) is 5.92 Å². The minimum Gasteiger partial charge on any atom is -0.396 e. The Labute approximate surface area is 136 Å². The molecule has 1 fully saturated rings. The van der Waals surface area contributed by atoms with E-state index in [4.69, 9.17) is 0 Å². The lowest BCUT2D eigenvalue weighted by atomic mass is 9.82. The van der Waals surface area contributed by atoms with Gasteiger partial charge in [-0.3, -0.25) is 4.79 Å². The molecule has 0 saturated heterocycles. The molecule has 1 unspecified atom stereocenters. The molecule has 1 aliphatic carbocycles. The Kier molecular flexibility index (Phi) is 5.28. The van der Waals surface area contributed by atoms with Gasteiger partial charge in [0, 0.05) is 25.0 Å². The molecule has 1 aliphatic rings. The molecule has 2 N–H and O–H groups in total. The number of nitrogens with one attached hydrogen (secondary N) is 1. The summed E-state index contributed by atoms with van der Waals surface area (Å²) in [6, 6.07) is 5.90. The highest BCUT2D eigenvalue weighted by atomic mass is 16.3. The van der Waals surface area contributed by atoms with E-state index in [1.165, 1.54) is 19.3 Å². The number of hydrogen-bond acceptors (Lipinski definition) is 3. The fraction of sp³-hybridized carbons (Fsp3) is 0.556. The highest BCUT2D eigenvalue weighted by molar-refractivity contribution is 5.78. The van der Waals surface area contributed by atoms with Crippen LogP contribution in [0.3, 0.4) is 0 Å². The van der Waals surface area contributed by atoms with Crippen molar-refractivity contribution in [3.8, 4) is 0 Å². The monoisotopic (exact) mass is 315 g/mol. The van der Waals surface area contributed by atoms with E-state index in [-0.39, 0.29) is 25.0 Å². The SMILES string of the molecule is O=C(Cc1cn2ccccc2n1)NC(CCO)C1CCCCC1. The van der Waals surface area contributed by atoms with Crippen LogP contribution < -0.4 is 5.32 Å². The first kappa shape index (κ1) is 16.0. The van der Waals surface area contributed by atoms with Crippen LogP contribution in [0.25, 0.3) is 5.65 Å². The Bertz CT molecular complexity index is 614. The fourth-order valence-electron chi connectivity index (χ4n) is 3.60. The molecule has 0 aromatic carbocycles. The zero-order chi connectivity index (χ0) is 16.1. The van der Waals surface area contributed by atoms with Crippen LogP contribution in [0, 0.1) is 5.92 Å². The zero-order valence-electron chi connectivity index (χ0n) is 13.4. The van der Waals surface area contributed by atoms with Gasteiger partial charge in [0.15, 0.2) is 0 Å². The van der Waals surface area contributed by atoms with Gasteiger partial charge in [-0.05, 0) is 37.3 Å². The lowest BCUT2D eigenvalue weighted by molar-refractivity contribution is -0.121. The van der Waals surface area contributed by atoms with Crippen molar-refractivity contribution in [1.82, 2.24) is 14.7 Å². The molecule has 23 heavy (non-hydrogen) atoms. The molecule has 0 spiro atoms. The van der Waals surface area contributed by atoms with Crippen LogP contribution in [0.1, 0.15) is 44.2 Å². The van der Waals surface area contributed by atoms with Gasteiger partial charge in [0.1, 0.15) is 5.65 Å². The van der Waals surface area contributed by atoms with Crippen LogP contribution in [0.15, 0.2) is 30.6 Å². The Balaban J connectivity index is 1.61. The quantitative estimate of drug-likeness (QED) is 0.860. The minimum atomic E-state index is -0.00238. The van der Waals surface area contributed by atoms with Crippen molar-refractivity contribution in [2.75, 3.05) is 6.61 Å². The average molecular weight is 315 g/mol. The van der Waals surface area contributed by atoms with E-state index in [1.54, 1.807) is 0 Å². The van der Waals surface area contributed by atoms with Crippen LogP contribution in [-0.4, -0.2) is 33.0 Å². The summed E-state index contributed by atoms with van der Waals surface area (Å²) >= 11 is 0. The van der Waals surface area contributed by atoms with E-state index in [2.05, 4.69) is 10.3 Å². The number of aliphatic hydroxyl groups excluding tert-OH is 1. The first-order valence-corrected chi connectivity index (χ1v) is 8.59. The first-order valence-electron chi connectivity index (χ1n) is 8.59. The summed E-state index contributed by atoms with van der Waals surface area (Å²) in [5.74, 6) is 0.498. The summed E-state index contributed by atoms with van der Waals surface area (Å²) in [5, 5.41) is 12.4. The van der Waals surface area contributed by atoms with E-state index in [1.807, 2.05) is 35.0 Å². The summed E-state index contributed by atoms with van der Waals surface area (Å²) in [6.45, 7) is 0.121. The molecule has 5 heteroatoms. The maximum absolute atomic E-state index is 12.4. The van der Waals surface area contributed by atoms with Crippen molar-refractivity contribution in [2.45, 2.75) is 51.0 Å². The minimum absolute atomic E-state index is 0.00238. The third kappa shape index (κ3) is 4.10. The predicted molar refractivity (Wildman–Crippen MR) is 89.1 cm³/mol. The van der Waals surface area contributed by atoms with Gasteiger partial charge in [0.05, 0.1) is 12.1 Å². The molecule has 1 saturated carbocycles. The molecule has 1 atom stereocenters. The maximum atomic E-state index is 12.4. The van der Waals surface area contributed by atoms with Crippen molar-refractivity contribution in [3.05, 3.63) is 36.3 Å². The van der Waals surface area contributed by atoms with Crippen LogP contribution in [0.5, 0.6) is 0 Å². The second-order valence-corrected chi connectivity index (χ2v) is 6.46. The summed E-state index contributed by atoms with van der Waals surface area (Å²) in [6.07, 6.45) is 10.8. The summed E-state index contributed by atoms with van der Waals surface area (Å²) < 4.78 is 1.93. The number of hydrogen-bond donors (Lipinski definition) is 2. The molecular weight excluding hydrogens is 290 g/mol. The molecular formula is C18H25N3O2. The number of pyridine rings is 1. The third-order valence-corrected chi connectivity index (χ3v) is 4.76. The number of rotatable bonds is 6. The molecule has 3 rings (SSSR count). The third-order valence-electron chi connectivity index (χ3n) is 4.76. The number of nitrogens with zero attached hydrogens (tertiary/aromatic N) is 2. The van der Waals surface area contributed by atoms with Crippen molar-refractivity contribution >= 4 is 11.6 Å². The summed E-state index contributed by atoms with van der Waals surface area (Å²) in [7, 11) is 0. The molecule has 5 nitrogen and oxygen atoms in total. The van der Waals surface area contributed by atoms with Gasteiger partial charge in [-0.1, -0.05) is 25.3 Å². The predicted octanol–water partition coefficient (Wildman–Crippen LogP) is 2.32. The molecule has 0 bridgehead atoms. The number of aliphatic hydroxyl groups is 1. The Hall–Kier alpha value is -1.88. The molecule has 124 valence electrons. The molecule has 2 aromatic heterocycles. The normalized spacial score (nSPS) is 17.3. The van der Waals surface area contributed by atoms with E-state index in [9.17, 15) is 9.90 Å². The summed E-state index contributed by atoms with van der Waals surface area (Å²) in [5.41, 5.74) is 1.63. The molecule has 2 heterocycles. The molecule has 1 amide bonds. The Morgan fingerprint density at radius 3 is 2.91 bits per heavy atom. The smallest absolute Gasteiger partial charge is 0.226 e. The van der Waals surface area contributed by atoms with Gasteiger partial charge in [-0.25, -0.2) is 4.98 Å². The highest BCUT2D eigenvalue weighted by Crippen LogP contribution is 2.27. The van der Waals surface area contributed by atoms with Gasteiger partial charge >= 0.3 is 0 Å². The standard InChI is InChI=1S/C18H25N3O2/c22-11-9-16(14-6-2-1-3-7-14)20-18(23)12-15-13-21-10-5-4-8-17(21)19-15/h4-5,8,10,13-14,16,22H,1-3,6-7,9,11-12H2,(H,20,23). The van der Waals surface area contributed by atoms with Crippen LogP contribution in [0.2, 0.25) is 0 Å². The van der Waals surface area contributed by atoms with Crippen LogP contribution in [-0.2, 0) is 11.2 Å². The topological polar surface area (TPSA) is 66.6 Å². The van der Waals surface area contributed by atoms with Gasteiger partial charge in [-0.15, -0.1) is 0 Å².